The van der Waals surface area contributed by atoms with E-state index in [4.69, 9.17) is 5.11 Å². The number of carbonyl (C=O) groups excluding carboxylic acids is 1. The van der Waals surface area contributed by atoms with Crippen LogP contribution in [0.2, 0.25) is 0 Å². The molecule has 0 aliphatic carbocycles. The smallest absolute Gasteiger partial charge is 0.337 e. The Morgan fingerprint density at radius 3 is 2.81 bits per heavy atom. The van der Waals surface area contributed by atoms with Crippen LogP contribution in [0.15, 0.2) is 23.8 Å². The summed E-state index contributed by atoms with van der Waals surface area (Å²) in [5.41, 5.74) is 1.17. The average molecular weight is 306 g/mol. The van der Waals surface area contributed by atoms with E-state index >= 15 is 0 Å². The summed E-state index contributed by atoms with van der Waals surface area (Å²) in [5, 5.41) is 14.3. The van der Waals surface area contributed by atoms with Crippen molar-refractivity contribution in [2.75, 3.05) is 12.4 Å². The van der Waals surface area contributed by atoms with Crippen LogP contribution in [0.1, 0.15) is 21.1 Å². The Bertz CT molecular complexity index is 671. The number of thiazole rings is 1. The van der Waals surface area contributed by atoms with Crippen LogP contribution in [0, 0.1) is 6.92 Å². The number of rotatable bonds is 4. The molecular formula is C13H14N4O3S. The fraction of sp³-hybridized carbons (Fsp3) is 0.231. The van der Waals surface area contributed by atoms with Gasteiger partial charge in [-0.25, -0.2) is 14.6 Å². The maximum absolute atomic E-state index is 12.0. The highest BCUT2D eigenvalue weighted by molar-refractivity contribution is 7.09. The van der Waals surface area contributed by atoms with Gasteiger partial charge in [0, 0.05) is 18.6 Å². The highest BCUT2D eigenvalue weighted by Gasteiger charge is 2.12. The third kappa shape index (κ3) is 3.99. The molecule has 0 aromatic carbocycles. The van der Waals surface area contributed by atoms with Gasteiger partial charge >= 0.3 is 12.0 Å². The van der Waals surface area contributed by atoms with E-state index in [1.165, 1.54) is 34.7 Å². The largest absolute Gasteiger partial charge is 0.478 e. The number of hydrogen-bond acceptors (Lipinski definition) is 5. The van der Waals surface area contributed by atoms with Gasteiger partial charge in [-0.15, -0.1) is 11.3 Å². The third-order valence-electron chi connectivity index (χ3n) is 2.65. The van der Waals surface area contributed by atoms with Gasteiger partial charge in [-0.3, -0.25) is 4.98 Å². The van der Waals surface area contributed by atoms with E-state index in [1.807, 2.05) is 12.3 Å². The first-order valence-corrected chi connectivity index (χ1v) is 6.95. The molecule has 2 heterocycles. The van der Waals surface area contributed by atoms with Crippen molar-refractivity contribution in [2.45, 2.75) is 13.5 Å². The molecule has 2 N–H and O–H groups in total. The van der Waals surface area contributed by atoms with Gasteiger partial charge in [0.1, 0.15) is 0 Å². The van der Waals surface area contributed by atoms with Gasteiger partial charge in [0.25, 0.3) is 0 Å². The molecule has 0 radical (unpaired) electrons. The number of carboxylic acids is 1. The number of carboxylic acid groups (broad SMARTS) is 1. The number of aromatic carboxylic acids is 1. The summed E-state index contributed by atoms with van der Waals surface area (Å²) < 4.78 is 0. The Morgan fingerprint density at radius 2 is 2.19 bits per heavy atom. The molecule has 0 spiro atoms. The first-order chi connectivity index (χ1) is 9.95. The van der Waals surface area contributed by atoms with Crippen LogP contribution in [-0.4, -0.2) is 39.0 Å². The Kier molecular flexibility index (Phi) is 4.49. The van der Waals surface area contributed by atoms with Crippen molar-refractivity contribution >= 4 is 29.0 Å². The zero-order valence-corrected chi connectivity index (χ0v) is 12.3. The van der Waals surface area contributed by atoms with E-state index in [9.17, 15) is 9.59 Å². The molecule has 0 atom stereocenters. The maximum atomic E-state index is 12.0. The lowest BCUT2D eigenvalue weighted by atomic mass is 10.2. The summed E-state index contributed by atoms with van der Waals surface area (Å²) in [6, 6.07) is 0.999. The first-order valence-electron chi connectivity index (χ1n) is 6.07. The normalized spacial score (nSPS) is 10.2. The summed E-state index contributed by atoms with van der Waals surface area (Å²) in [6.45, 7) is 2.28. The predicted molar refractivity (Wildman–Crippen MR) is 78.5 cm³/mol. The standard InChI is InChI=1S/C13H14N4O3S/c1-8-15-11(7-21-8)6-17(2)13(20)16-10-3-9(12(18)19)4-14-5-10/h3-5,7H,6H2,1-2H3,(H,16,20)(H,18,19). The molecule has 0 bridgehead atoms. The number of aromatic nitrogens is 2. The predicted octanol–water partition coefficient (Wildman–Crippen LogP) is 2.21. The van der Waals surface area contributed by atoms with E-state index in [0.717, 1.165) is 10.7 Å². The molecule has 7 nitrogen and oxygen atoms in total. The fourth-order valence-electron chi connectivity index (χ4n) is 1.64. The second-order valence-electron chi connectivity index (χ2n) is 4.41. The highest BCUT2D eigenvalue weighted by Crippen LogP contribution is 2.12. The third-order valence-corrected chi connectivity index (χ3v) is 3.47. The van der Waals surface area contributed by atoms with Crippen molar-refractivity contribution < 1.29 is 14.7 Å². The number of nitrogens with zero attached hydrogens (tertiary/aromatic N) is 3. The molecule has 8 heteroatoms. The van der Waals surface area contributed by atoms with Crippen molar-refractivity contribution in [1.29, 1.82) is 0 Å². The number of nitrogens with one attached hydrogen (secondary N) is 1. The van der Waals surface area contributed by atoms with Crippen LogP contribution >= 0.6 is 11.3 Å². The van der Waals surface area contributed by atoms with Crippen molar-refractivity contribution in [3.05, 3.63) is 40.1 Å². The number of anilines is 1. The minimum absolute atomic E-state index is 0.0191. The molecule has 0 aliphatic heterocycles. The monoisotopic (exact) mass is 306 g/mol. The maximum Gasteiger partial charge on any atom is 0.337 e. The minimum atomic E-state index is -1.09. The summed E-state index contributed by atoms with van der Waals surface area (Å²) in [5.74, 6) is -1.09. The van der Waals surface area contributed by atoms with Gasteiger partial charge in [-0.1, -0.05) is 0 Å². The molecular weight excluding hydrogens is 292 g/mol. The lowest BCUT2D eigenvalue weighted by Gasteiger charge is -2.16. The highest BCUT2D eigenvalue weighted by atomic mass is 32.1. The number of hydrogen-bond donors (Lipinski definition) is 2. The molecule has 0 fully saturated rings. The van der Waals surface area contributed by atoms with E-state index in [0.29, 0.717) is 12.2 Å². The van der Waals surface area contributed by atoms with Crippen molar-refractivity contribution in [3.63, 3.8) is 0 Å². The van der Waals surface area contributed by atoms with Gasteiger partial charge in [-0.2, -0.15) is 0 Å². The summed E-state index contributed by atoms with van der Waals surface area (Å²) in [6.07, 6.45) is 2.62. The summed E-state index contributed by atoms with van der Waals surface area (Å²) in [4.78, 5) is 32.4. The number of carbonyl (C=O) groups is 2. The van der Waals surface area contributed by atoms with Crippen molar-refractivity contribution in [2.24, 2.45) is 0 Å². The van der Waals surface area contributed by atoms with E-state index in [1.54, 1.807) is 7.05 Å². The van der Waals surface area contributed by atoms with Gasteiger partial charge in [0.05, 0.1) is 34.7 Å². The molecule has 110 valence electrons. The number of aryl methyl sites for hydroxylation is 1. The Labute approximate surface area is 125 Å². The fourth-order valence-corrected chi connectivity index (χ4v) is 2.24. The Hall–Kier alpha value is -2.48. The second-order valence-corrected chi connectivity index (χ2v) is 5.47. The lowest BCUT2D eigenvalue weighted by molar-refractivity contribution is 0.0696. The lowest BCUT2D eigenvalue weighted by Crippen LogP contribution is -2.31. The molecule has 2 aromatic heterocycles. The Morgan fingerprint density at radius 1 is 1.43 bits per heavy atom. The molecule has 2 amide bonds. The van der Waals surface area contributed by atoms with Crippen LogP contribution in [-0.2, 0) is 6.54 Å². The Balaban J connectivity index is 2.00. The number of pyridine rings is 1. The minimum Gasteiger partial charge on any atom is -0.478 e. The van der Waals surface area contributed by atoms with Gasteiger partial charge in [-0.05, 0) is 13.0 Å². The molecule has 0 saturated heterocycles. The van der Waals surface area contributed by atoms with Gasteiger partial charge in [0.2, 0.25) is 0 Å². The summed E-state index contributed by atoms with van der Waals surface area (Å²) in [7, 11) is 1.64. The zero-order chi connectivity index (χ0) is 15.4. The van der Waals surface area contributed by atoms with E-state index in [2.05, 4.69) is 15.3 Å². The SMILES string of the molecule is Cc1nc(CN(C)C(=O)Nc2cncc(C(=O)O)c2)cs1. The molecule has 2 rings (SSSR count). The van der Waals surface area contributed by atoms with Crippen LogP contribution in [0.3, 0.4) is 0 Å². The van der Waals surface area contributed by atoms with E-state index in [-0.39, 0.29) is 11.6 Å². The first kappa shape index (κ1) is 14.9. The number of amides is 2. The molecule has 0 unspecified atom stereocenters. The second kappa shape index (κ2) is 6.31. The molecule has 0 saturated carbocycles. The molecule has 0 aliphatic rings. The molecule has 2 aromatic rings. The van der Waals surface area contributed by atoms with Crippen LogP contribution < -0.4 is 5.32 Å². The molecule has 21 heavy (non-hydrogen) atoms. The number of urea groups is 1. The zero-order valence-electron chi connectivity index (χ0n) is 11.5. The van der Waals surface area contributed by atoms with Crippen LogP contribution in [0.4, 0.5) is 10.5 Å². The van der Waals surface area contributed by atoms with Crippen molar-refractivity contribution in [3.8, 4) is 0 Å². The van der Waals surface area contributed by atoms with Crippen LogP contribution in [0.5, 0.6) is 0 Å². The van der Waals surface area contributed by atoms with Gasteiger partial charge < -0.3 is 15.3 Å². The van der Waals surface area contributed by atoms with Gasteiger partial charge in [0.15, 0.2) is 0 Å². The average Bonchev–Trinajstić information content (AvgIpc) is 2.84. The quantitative estimate of drug-likeness (QED) is 0.903. The van der Waals surface area contributed by atoms with E-state index < -0.39 is 5.97 Å². The topological polar surface area (TPSA) is 95.4 Å². The van der Waals surface area contributed by atoms with Crippen LogP contribution in [0.25, 0.3) is 0 Å². The summed E-state index contributed by atoms with van der Waals surface area (Å²) >= 11 is 1.52. The van der Waals surface area contributed by atoms with Crippen molar-refractivity contribution in [1.82, 2.24) is 14.9 Å².